The van der Waals surface area contributed by atoms with Gasteiger partial charge in [0.25, 0.3) is 0 Å². The molecule has 4 unspecified atom stereocenters. The molecule has 1 heterocycles. The second-order valence-corrected chi connectivity index (χ2v) is 5.28. The van der Waals surface area contributed by atoms with Gasteiger partial charge in [0.05, 0.1) is 12.5 Å². The summed E-state index contributed by atoms with van der Waals surface area (Å²) >= 11 is 0. The van der Waals surface area contributed by atoms with E-state index in [0.29, 0.717) is 24.4 Å². The van der Waals surface area contributed by atoms with Crippen molar-refractivity contribution in [2.75, 3.05) is 6.61 Å². The largest absolute Gasteiger partial charge is 0.435 e. The van der Waals surface area contributed by atoms with Gasteiger partial charge in [0.1, 0.15) is 0 Å². The molecule has 3 nitrogen and oxygen atoms in total. The Labute approximate surface area is 97.5 Å². The Morgan fingerprint density at radius 3 is 2.81 bits per heavy atom. The third kappa shape index (κ3) is 1.97. The van der Waals surface area contributed by atoms with Crippen LogP contribution in [0.25, 0.3) is 0 Å². The molecule has 0 aromatic carbocycles. The van der Waals surface area contributed by atoms with Crippen molar-refractivity contribution in [3.63, 3.8) is 0 Å². The van der Waals surface area contributed by atoms with Gasteiger partial charge in [-0.2, -0.15) is 0 Å². The molecule has 0 radical (unpaired) electrons. The van der Waals surface area contributed by atoms with Crippen molar-refractivity contribution in [2.24, 2.45) is 23.7 Å². The zero-order valence-corrected chi connectivity index (χ0v) is 10.4. The average Bonchev–Trinajstić information content (AvgIpc) is 2.64. The van der Waals surface area contributed by atoms with Crippen molar-refractivity contribution in [3.8, 4) is 0 Å². The van der Waals surface area contributed by atoms with Crippen LogP contribution in [0.1, 0.15) is 40.0 Å². The van der Waals surface area contributed by atoms with Gasteiger partial charge in [-0.1, -0.05) is 20.8 Å². The Hall–Kier alpha value is -0.570. The highest BCUT2D eigenvalue weighted by atomic mass is 16.7. The second kappa shape index (κ2) is 4.74. The monoisotopic (exact) mass is 226 g/mol. The van der Waals surface area contributed by atoms with Gasteiger partial charge in [-0.25, -0.2) is 0 Å². The van der Waals surface area contributed by atoms with Crippen LogP contribution in [0, 0.1) is 23.7 Å². The topological polar surface area (TPSA) is 35.5 Å². The molecule has 0 bridgehead atoms. The zero-order valence-electron chi connectivity index (χ0n) is 10.4. The first kappa shape index (κ1) is 11.9. The van der Waals surface area contributed by atoms with E-state index >= 15 is 0 Å². The number of ether oxygens (including phenoxy) is 2. The SMILES string of the molecule is CCCOC1OC(=O)C2C(CC[C@@H]2C)C1C. The first-order valence-corrected chi connectivity index (χ1v) is 6.47. The molecular weight excluding hydrogens is 204 g/mol. The van der Waals surface area contributed by atoms with Gasteiger partial charge in [-0.3, -0.25) is 4.79 Å². The molecular formula is C13H22O3. The Morgan fingerprint density at radius 1 is 1.38 bits per heavy atom. The Kier molecular flexibility index (Phi) is 3.53. The van der Waals surface area contributed by atoms with Gasteiger partial charge in [-0.05, 0) is 31.1 Å². The molecule has 2 aliphatic rings. The van der Waals surface area contributed by atoms with Gasteiger partial charge in [0, 0.05) is 5.92 Å². The average molecular weight is 226 g/mol. The van der Waals surface area contributed by atoms with Crippen LogP contribution in [0.3, 0.4) is 0 Å². The number of carbonyl (C=O) groups is 1. The predicted octanol–water partition coefficient (Wildman–Crippen LogP) is 2.59. The summed E-state index contributed by atoms with van der Waals surface area (Å²) in [6.45, 7) is 7.05. The summed E-state index contributed by atoms with van der Waals surface area (Å²) in [6.07, 6.45) is 2.95. The van der Waals surface area contributed by atoms with Gasteiger partial charge in [-0.15, -0.1) is 0 Å². The number of hydrogen-bond acceptors (Lipinski definition) is 3. The molecule has 1 saturated heterocycles. The van der Waals surface area contributed by atoms with Crippen molar-refractivity contribution < 1.29 is 14.3 Å². The van der Waals surface area contributed by atoms with Crippen molar-refractivity contribution in [1.82, 2.24) is 0 Å². The lowest BCUT2D eigenvalue weighted by atomic mass is 9.80. The minimum atomic E-state index is -0.306. The summed E-state index contributed by atoms with van der Waals surface area (Å²) in [5.41, 5.74) is 0. The van der Waals surface area contributed by atoms with E-state index in [-0.39, 0.29) is 18.2 Å². The first-order valence-electron chi connectivity index (χ1n) is 6.47. The fourth-order valence-corrected chi connectivity index (χ4v) is 3.16. The summed E-state index contributed by atoms with van der Waals surface area (Å²) in [5.74, 6) is 1.38. The molecule has 3 heteroatoms. The number of esters is 1. The molecule has 16 heavy (non-hydrogen) atoms. The summed E-state index contributed by atoms with van der Waals surface area (Å²) < 4.78 is 11.0. The van der Waals surface area contributed by atoms with E-state index in [9.17, 15) is 4.79 Å². The molecule has 0 aromatic heterocycles. The predicted molar refractivity (Wildman–Crippen MR) is 60.7 cm³/mol. The number of fused-ring (bicyclic) bond motifs is 1. The van der Waals surface area contributed by atoms with Crippen LogP contribution in [-0.4, -0.2) is 18.9 Å². The quantitative estimate of drug-likeness (QED) is 0.694. The van der Waals surface area contributed by atoms with E-state index in [1.54, 1.807) is 0 Å². The van der Waals surface area contributed by atoms with E-state index in [1.165, 1.54) is 0 Å². The van der Waals surface area contributed by atoms with Gasteiger partial charge in [0.2, 0.25) is 6.29 Å². The van der Waals surface area contributed by atoms with Crippen LogP contribution in [0.2, 0.25) is 0 Å². The molecule has 0 amide bonds. The van der Waals surface area contributed by atoms with Crippen LogP contribution >= 0.6 is 0 Å². The normalized spacial score (nSPS) is 42.9. The van der Waals surface area contributed by atoms with Crippen LogP contribution in [0.5, 0.6) is 0 Å². The van der Waals surface area contributed by atoms with Crippen molar-refractivity contribution in [1.29, 1.82) is 0 Å². The van der Waals surface area contributed by atoms with E-state index in [1.807, 2.05) is 0 Å². The Bertz CT molecular complexity index is 264. The van der Waals surface area contributed by atoms with Crippen LogP contribution in [0.4, 0.5) is 0 Å². The maximum Gasteiger partial charge on any atom is 0.311 e. The van der Waals surface area contributed by atoms with Gasteiger partial charge in [0.15, 0.2) is 0 Å². The molecule has 1 saturated carbocycles. The van der Waals surface area contributed by atoms with E-state index in [0.717, 1.165) is 19.3 Å². The highest BCUT2D eigenvalue weighted by Gasteiger charge is 2.49. The number of rotatable bonds is 3. The Morgan fingerprint density at radius 2 is 2.12 bits per heavy atom. The maximum atomic E-state index is 11.9. The molecule has 1 aliphatic carbocycles. The lowest BCUT2D eigenvalue weighted by Crippen LogP contribution is -2.44. The maximum absolute atomic E-state index is 11.9. The standard InChI is InChI=1S/C13H22O3/c1-4-7-15-13-9(3)10-6-5-8(2)11(10)12(14)16-13/h8-11,13H,4-7H2,1-3H3/t8-,9?,10?,11?,13?/m0/s1. The smallest absolute Gasteiger partial charge is 0.311 e. The molecule has 92 valence electrons. The van der Waals surface area contributed by atoms with Crippen LogP contribution < -0.4 is 0 Å². The molecule has 0 spiro atoms. The third-order valence-electron chi connectivity index (χ3n) is 4.13. The summed E-state index contributed by atoms with van der Waals surface area (Å²) in [5, 5.41) is 0. The third-order valence-corrected chi connectivity index (χ3v) is 4.13. The van der Waals surface area contributed by atoms with E-state index in [4.69, 9.17) is 9.47 Å². The fraction of sp³-hybridized carbons (Fsp3) is 0.923. The minimum absolute atomic E-state index is 0.0331. The second-order valence-electron chi connectivity index (χ2n) is 5.28. The summed E-state index contributed by atoms with van der Waals surface area (Å²) in [6, 6.07) is 0. The van der Waals surface area contributed by atoms with Crippen molar-refractivity contribution >= 4 is 5.97 Å². The Balaban J connectivity index is 2.04. The van der Waals surface area contributed by atoms with E-state index < -0.39 is 0 Å². The molecule has 5 atom stereocenters. The van der Waals surface area contributed by atoms with Crippen molar-refractivity contribution in [3.05, 3.63) is 0 Å². The molecule has 2 fully saturated rings. The molecule has 0 N–H and O–H groups in total. The number of cyclic esters (lactones) is 1. The van der Waals surface area contributed by atoms with Gasteiger partial charge < -0.3 is 9.47 Å². The minimum Gasteiger partial charge on any atom is -0.435 e. The lowest BCUT2D eigenvalue weighted by molar-refractivity contribution is -0.219. The highest BCUT2D eigenvalue weighted by Crippen LogP contribution is 2.46. The van der Waals surface area contributed by atoms with E-state index in [2.05, 4.69) is 20.8 Å². The first-order chi connectivity index (χ1) is 7.65. The number of hydrogen-bond donors (Lipinski definition) is 0. The molecule has 0 aromatic rings. The van der Waals surface area contributed by atoms with Crippen molar-refractivity contribution in [2.45, 2.75) is 46.3 Å². The van der Waals surface area contributed by atoms with Crippen LogP contribution in [-0.2, 0) is 14.3 Å². The lowest BCUT2D eigenvalue weighted by Gasteiger charge is -2.37. The summed E-state index contributed by atoms with van der Waals surface area (Å²) in [4.78, 5) is 11.9. The molecule has 1 aliphatic heterocycles. The number of carbonyl (C=O) groups excluding carboxylic acids is 1. The van der Waals surface area contributed by atoms with Gasteiger partial charge >= 0.3 is 5.97 Å². The zero-order chi connectivity index (χ0) is 11.7. The fourth-order valence-electron chi connectivity index (χ4n) is 3.16. The molecule has 2 rings (SSSR count). The summed E-state index contributed by atoms with van der Waals surface area (Å²) in [7, 11) is 0. The van der Waals surface area contributed by atoms with Crippen LogP contribution in [0.15, 0.2) is 0 Å². The highest BCUT2D eigenvalue weighted by molar-refractivity contribution is 5.74.